The molecule has 1 aromatic carbocycles. The van der Waals surface area contributed by atoms with Crippen LogP contribution in [0.25, 0.3) is 0 Å². The van der Waals surface area contributed by atoms with E-state index in [1.807, 2.05) is 38.1 Å². The Labute approximate surface area is 98.2 Å². The lowest BCUT2D eigenvalue weighted by molar-refractivity contribution is 0.102. The van der Waals surface area contributed by atoms with Gasteiger partial charge in [0.1, 0.15) is 5.69 Å². The number of aromatic nitrogens is 1. The summed E-state index contributed by atoms with van der Waals surface area (Å²) in [5.74, 6) is -0.154. The third-order valence-electron chi connectivity index (χ3n) is 2.24. The van der Waals surface area contributed by atoms with Crippen molar-refractivity contribution in [2.45, 2.75) is 13.8 Å². The van der Waals surface area contributed by atoms with E-state index in [4.69, 9.17) is 0 Å². The number of nitrogens with zero attached hydrogens (tertiary/aromatic N) is 1. The van der Waals surface area contributed by atoms with Crippen molar-refractivity contribution in [1.82, 2.24) is 4.98 Å². The predicted molar refractivity (Wildman–Crippen MR) is 66.0 cm³/mol. The molecule has 4 heteroatoms. The Bertz CT molecular complexity index is 519. The van der Waals surface area contributed by atoms with Crippen molar-refractivity contribution in [2.24, 2.45) is 0 Å². The highest BCUT2D eigenvalue weighted by molar-refractivity contribution is 7.09. The fourth-order valence-corrected chi connectivity index (χ4v) is 1.96. The first-order chi connectivity index (χ1) is 7.66. The van der Waals surface area contributed by atoms with Gasteiger partial charge in [0.05, 0.1) is 5.01 Å². The molecule has 1 heterocycles. The minimum atomic E-state index is -0.154. The lowest BCUT2D eigenvalue weighted by atomic mass is 10.2. The van der Waals surface area contributed by atoms with E-state index < -0.39 is 0 Å². The quantitative estimate of drug-likeness (QED) is 0.864. The molecule has 2 rings (SSSR count). The molecular formula is C12H12N2OS. The number of hydrogen-bond acceptors (Lipinski definition) is 3. The molecule has 0 atom stereocenters. The molecule has 3 nitrogen and oxygen atoms in total. The standard InChI is InChI=1S/C12H12N2OS/c1-8-5-3-4-6-10(8)14-12(15)11-7-16-9(2)13-11/h3-7H,1-2H3,(H,14,15). The molecule has 0 saturated heterocycles. The summed E-state index contributed by atoms with van der Waals surface area (Å²) in [7, 11) is 0. The number of rotatable bonds is 2. The Morgan fingerprint density at radius 1 is 1.31 bits per heavy atom. The number of hydrogen-bond donors (Lipinski definition) is 1. The molecule has 1 aromatic heterocycles. The van der Waals surface area contributed by atoms with Crippen molar-refractivity contribution in [2.75, 3.05) is 5.32 Å². The molecule has 2 aromatic rings. The van der Waals surface area contributed by atoms with Crippen LogP contribution in [0.1, 0.15) is 21.1 Å². The van der Waals surface area contributed by atoms with Crippen LogP contribution in [-0.4, -0.2) is 10.9 Å². The van der Waals surface area contributed by atoms with Crippen LogP contribution < -0.4 is 5.32 Å². The van der Waals surface area contributed by atoms with Crippen molar-refractivity contribution in [3.05, 3.63) is 45.9 Å². The van der Waals surface area contributed by atoms with E-state index in [9.17, 15) is 4.79 Å². The molecule has 0 spiro atoms. The maximum atomic E-state index is 11.8. The smallest absolute Gasteiger partial charge is 0.275 e. The first-order valence-electron chi connectivity index (χ1n) is 4.96. The van der Waals surface area contributed by atoms with E-state index in [0.717, 1.165) is 16.3 Å². The highest BCUT2D eigenvalue weighted by Gasteiger charge is 2.10. The van der Waals surface area contributed by atoms with Crippen molar-refractivity contribution in [3.8, 4) is 0 Å². The van der Waals surface area contributed by atoms with Crippen LogP contribution in [0.4, 0.5) is 5.69 Å². The van der Waals surface area contributed by atoms with Gasteiger partial charge in [0.25, 0.3) is 5.91 Å². The molecule has 0 radical (unpaired) electrons. The minimum absolute atomic E-state index is 0.154. The summed E-state index contributed by atoms with van der Waals surface area (Å²) in [6.07, 6.45) is 0. The van der Waals surface area contributed by atoms with Gasteiger partial charge in [-0.15, -0.1) is 11.3 Å². The average molecular weight is 232 g/mol. The van der Waals surface area contributed by atoms with Crippen molar-refractivity contribution in [1.29, 1.82) is 0 Å². The third kappa shape index (κ3) is 2.28. The summed E-state index contributed by atoms with van der Waals surface area (Å²) in [6.45, 7) is 3.84. The van der Waals surface area contributed by atoms with Gasteiger partial charge < -0.3 is 5.32 Å². The maximum absolute atomic E-state index is 11.8. The SMILES string of the molecule is Cc1nc(C(=O)Nc2ccccc2C)cs1. The van der Waals surface area contributed by atoms with Gasteiger partial charge in [-0.25, -0.2) is 4.98 Å². The van der Waals surface area contributed by atoms with Gasteiger partial charge in [0, 0.05) is 11.1 Å². The highest BCUT2D eigenvalue weighted by atomic mass is 32.1. The number of carbonyl (C=O) groups excluding carboxylic acids is 1. The third-order valence-corrected chi connectivity index (χ3v) is 3.02. The second kappa shape index (κ2) is 4.45. The van der Waals surface area contributed by atoms with Crippen molar-refractivity contribution in [3.63, 3.8) is 0 Å². The van der Waals surface area contributed by atoms with E-state index in [2.05, 4.69) is 10.3 Å². The van der Waals surface area contributed by atoms with E-state index >= 15 is 0 Å². The average Bonchev–Trinajstić information content (AvgIpc) is 2.68. The lowest BCUT2D eigenvalue weighted by Crippen LogP contribution is -2.13. The van der Waals surface area contributed by atoms with Crippen LogP contribution in [0.2, 0.25) is 0 Å². The van der Waals surface area contributed by atoms with Gasteiger partial charge in [0.15, 0.2) is 0 Å². The molecule has 16 heavy (non-hydrogen) atoms. The zero-order chi connectivity index (χ0) is 11.5. The van der Waals surface area contributed by atoms with Gasteiger partial charge in [-0.2, -0.15) is 0 Å². The summed E-state index contributed by atoms with van der Waals surface area (Å²) >= 11 is 1.48. The van der Waals surface area contributed by atoms with E-state index in [0.29, 0.717) is 5.69 Å². The van der Waals surface area contributed by atoms with E-state index in [1.54, 1.807) is 5.38 Å². The molecule has 0 bridgehead atoms. The molecule has 1 N–H and O–H groups in total. The topological polar surface area (TPSA) is 42.0 Å². The van der Waals surface area contributed by atoms with Crippen LogP contribution in [0.15, 0.2) is 29.6 Å². The lowest BCUT2D eigenvalue weighted by Gasteiger charge is -2.05. The second-order valence-electron chi connectivity index (χ2n) is 3.52. The van der Waals surface area contributed by atoms with Crippen LogP contribution in [0.3, 0.4) is 0 Å². The predicted octanol–water partition coefficient (Wildman–Crippen LogP) is 3.01. The summed E-state index contributed by atoms with van der Waals surface area (Å²) in [5.41, 5.74) is 2.35. The summed E-state index contributed by atoms with van der Waals surface area (Å²) in [5, 5.41) is 5.51. The number of aryl methyl sites for hydroxylation is 2. The monoisotopic (exact) mass is 232 g/mol. The van der Waals surface area contributed by atoms with Crippen molar-refractivity contribution < 1.29 is 4.79 Å². The van der Waals surface area contributed by atoms with Gasteiger partial charge in [0.2, 0.25) is 0 Å². The van der Waals surface area contributed by atoms with E-state index in [-0.39, 0.29) is 5.91 Å². The zero-order valence-electron chi connectivity index (χ0n) is 9.15. The Balaban J connectivity index is 2.17. The zero-order valence-corrected chi connectivity index (χ0v) is 9.97. The highest BCUT2D eigenvalue weighted by Crippen LogP contribution is 2.15. The molecule has 0 aliphatic rings. The Morgan fingerprint density at radius 2 is 2.06 bits per heavy atom. The number of nitrogens with one attached hydrogen (secondary N) is 1. The van der Waals surface area contributed by atoms with Gasteiger partial charge >= 0.3 is 0 Å². The first kappa shape index (κ1) is 10.8. The number of amides is 1. The van der Waals surface area contributed by atoms with Crippen LogP contribution in [-0.2, 0) is 0 Å². The maximum Gasteiger partial charge on any atom is 0.275 e. The van der Waals surface area contributed by atoms with Crippen LogP contribution >= 0.6 is 11.3 Å². The Kier molecular flexibility index (Phi) is 3.01. The van der Waals surface area contributed by atoms with E-state index in [1.165, 1.54) is 11.3 Å². The minimum Gasteiger partial charge on any atom is -0.320 e. The number of para-hydroxylation sites is 1. The molecule has 0 aliphatic carbocycles. The summed E-state index contributed by atoms with van der Waals surface area (Å²) in [6, 6.07) is 7.68. The molecule has 0 fully saturated rings. The molecule has 0 saturated carbocycles. The van der Waals surface area contributed by atoms with Crippen molar-refractivity contribution >= 4 is 22.9 Å². The van der Waals surface area contributed by atoms with Gasteiger partial charge in [-0.05, 0) is 25.5 Å². The number of thiazole rings is 1. The van der Waals surface area contributed by atoms with Crippen LogP contribution in [0.5, 0.6) is 0 Å². The fraction of sp³-hybridized carbons (Fsp3) is 0.167. The number of anilines is 1. The molecular weight excluding hydrogens is 220 g/mol. The summed E-state index contributed by atoms with van der Waals surface area (Å²) in [4.78, 5) is 16.0. The molecule has 0 aliphatic heterocycles. The summed E-state index contributed by atoms with van der Waals surface area (Å²) < 4.78 is 0. The first-order valence-corrected chi connectivity index (χ1v) is 5.84. The van der Waals surface area contributed by atoms with Crippen LogP contribution in [0, 0.1) is 13.8 Å². The molecule has 82 valence electrons. The fourth-order valence-electron chi connectivity index (χ4n) is 1.37. The Hall–Kier alpha value is -1.68. The molecule has 0 unspecified atom stereocenters. The van der Waals surface area contributed by atoms with Gasteiger partial charge in [-0.3, -0.25) is 4.79 Å². The number of benzene rings is 1. The second-order valence-corrected chi connectivity index (χ2v) is 4.58. The largest absolute Gasteiger partial charge is 0.320 e. The normalized spacial score (nSPS) is 10.1. The molecule has 1 amide bonds. The Morgan fingerprint density at radius 3 is 2.69 bits per heavy atom. The number of carbonyl (C=O) groups is 1. The van der Waals surface area contributed by atoms with Gasteiger partial charge in [-0.1, -0.05) is 18.2 Å².